The summed E-state index contributed by atoms with van der Waals surface area (Å²) in [6, 6.07) is 13.7. The molecule has 0 saturated carbocycles. The van der Waals surface area contributed by atoms with Gasteiger partial charge in [-0.3, -0.25) is 14.5 Å². The smallest absolute Gasteiger partial charge is 0.340 e. The molecule has 0 aliphatic rings. The average molecular weight is 413 g/mol. The Bertz CT molecular complexity index is 885. The molecule has 0 saturated heterocycles. The zero-order chi connectivity index (χ0) is 21.9. The van der Waals surface area contributed by atoms with Gasteiger partial charge in [0, 0.05) is 11.8 Å². The van der Waals surface area contributed by atoms with Crippen LogP contribution in [0.1, 0.15) is 24.2 Å². The number of anilines is 2. The summed E-state index contributed by atoms with van der Waals surface area (Å²) in [6.07, 6.45) is 0. The summed E-state index contributed by atoms with van der Waals surface area (Å²) >= 11 is 0. The molecule has 0 fully saturated rings. The normalized spacial score (nSPS) is 10.4. The fourth-order valence-corrected chi connectivity index (χ4v) is 2.76. The van der Waals surface area contributed by atoms with Crippen LogP contribution >= 0.6 is 0 Å². The molecule has 2 aromatic rings. The second kappa shape index (κ2) is 11.6. The first-order valence-corrected chi connectivity index (χ1v) is 9.69. The molecule has 2 N–H and O–H groups in total. The third kappa shape index (κ3) is 6.89. The number of nitrogens with zero attached hydrogens (tertiary/aromatic N) is 1. The molecule has 0 spiro atoms. The molecule has 0 aliphatic carbocycles. The molecule has 8 nitrogen and oxygen atoms in total. The Kier molecular flexibility index (Phi) is 8.83. The van der Waals surface area contributed by atoms with E-state index in [0.717, 1.165) is 0 Å². The number of benzene rings is 2. The SMILES string of the molecule is CCOC(=O)c1ccccc1NC(=O)CN(CC)CC(=O)Nc1cccc(OC)c1. The zero-order valence-electron chi connectivity index (χ0n) is 17.4. The first-order valence-electron chi connectivity index (χ1n) is 9.69. The number of ether oxygens (including phenoxy) is 2. The van der Waals surface area contributed by atoms with Crippen molar-refractivity contribution in [3.8, 4) is 5.75 Å². The lowest BCUT2D eigenvalue weighted by molar-refractivity contribution is -0.119. The minimum absolute atomic E-state index is 0.000803. The number of nitrogens with one attached hydrogen (secondary N) is 2. The molecule has 0 radical (unpaired) electrons. The summed E-state index contributed by atoms with van der Waals surface area (Å²) in [5.74, 6) is -0.439. The van der Waals surface area contributed by atoms with Gasteiger partial charge in [-0.25, -0.2) is 4.79 Å². The highest BCUT2D eigenvalue weighted by molar-refractivity contribution is 6.02. The number of likely N-dealkylation sites (N-methyl/N-ethyl adjacent to an activating group) is 1. The van der Waals surface area contributed by atoms with Crippen LogP contribution in [-0.4, -0.2) is 56.0 Å². The van der Waals surface area contributed by atoms with Crippen molar-refractivity contribution in [1.29, 1.82) is 0 Å². The number of hydrogen-bond acceptors (Lipinski definition) is 6. The molecule has 0 heterocycles. The van der Waals surface area contributed by atoms with Gasteiger partial charge in [0.05, 0.1) is 38.1 Å². The fourth-order valence-electron chi connectivity index (χ4n) is 2.76. The van der Waals surface area contributed by atoms with E-state index in [2.05, 4.69) is 10.6 Å². The van der Waals surface area contributed by atoms with E-state index in [1.54, 1.807) is 67.5 Å². The van der Waals surface area contributed by atoms with Crippen LogP contribution in [-0.2, 0) is 14.3 Å². The summed E-state index contributed by atoms with van der Waals surface area (Å²) in [5, 5.41) is 5.51. The van der Waals surface area contributed by atoms with E-state index < -0.39 is 5.97 Å². The highest BCUT2D eigenvalue weighted by Gasteiger charge is 2.17. The average Bonchev–Trinajstić information content (AvgIpc) is 2.73. The van der Waals surface area contributed by atoms with Crippen molar-refractivity contribution in [1.82, 2.24) is 4.90 Å². The predicted octanol–water partition coefficient (Wildman–Crippen LogP) is 2.77. The number of carbonyl (C=O) groups excluding carboxylic acids is 3. The van der Waals surface area contributed by atoms with Crippen molar-refractivity contribution in [2.45, 2.75) is 13.8 Å². The summed E-state index contributed by atoms with van der Waals surface area (Å²) in [7, 11) is 1.55. The van der Waals surface area contributed by atoms with Crippen LogP contribution in [0.3, 0.4) is 0 Å². The lowest BCUT2D eigenvalue weighted by atomic mass is 10.2. The van der Waals surface area contributed by atoms with E-state index in [4.69, 9.17) is 9.47 Å². The van der Waals surface area contributed by atoms with E-state index in [-0.39, 0.29) is 37.1 Å². The number of para-hydroxylation sites is 1. The molecule has 30 heavy (non-hydrogen) atoms. The van der Waals surface area contributed by atoms with Crippen LogP contribution in [0.4, 0.5) is 11.4 Å². The molecule has 0 bridgehead atoms. The summed E-state index contributed by atoms with van der Waals surface area (Å²) < 4.78 is 10.2. The molecule has 160 valence electrons. The van der Waals surface area contributed by atoms with Gasteiger partial charge in [0.2, 0.25) is 11.8 Å². The first-order chi connectivity index (χ1) is 14.5. The van der Waals surface area contributed by atoms with Crippen molar-refractivity contribution in [3.63, 3.8) is 0 Å². The molecular weight excluding hydrogens is 386 g/mol. The number of esters is 1. The number of amides is 2. The van der Waals surface area contributed by atoms with Gasteiger partial charge in [-0.05, 0) is 37.7 Å². The number of methoxy groups -OCH3 is 1. The second-order valence-electron chi connectivity index (χ2n) is 6.40. The second-order valence-corrected chi connectivity index (χ2v) is 6.40. The van der Waals surface area contributed by atoms with Crippen molar-refractivity contribution >= 4 is 29.2 Å². The molecule has 2 amide bonds. The van der Waals surface area contributed by atoms with Crippen molar-refractivity contribution in [2.75, 3.05) is 44.0 Å². The van der Waals surface area contributed by atoms with Gasteiger partial charge in [-0.2, -0.15) is 0 Å². The van der Waals surface area contributed by atoms with Gasteiger partial charge in [0.1, 0.15) is 5.75 Å². The Balaban J connectivity index is 1.95. The monoisotopic (exact) mass is 413 g/mol. The van der Waals surface area contributed by atoms with E-state index in [1.165, 1.54) is 0 Å². The molecule has 2 aromatic carbocycles. The highest BCUT2D eigenvalue weighted by Crippen LogP contribution is 2.17. The number of carbonyl (C=O) groups is 3. The highest BCUT2D eigenvalue weighted by atomic mass is 16.5. The summed E-state index contributed by atoms with van der Waals surface area (Å²) in [5.41, 5.74) is 1.27. The third-order valence-corrected chi connectivity index (χ3v) is 4.23. The first kappa shape index (κ1) is 22.9. The minimum Gasteiger partial charge on any atom is -0.497 e. The van der Waals surface area contributed by atoms with Gasteiger partial charge in [0.15, 0.2) is 0 Å². The number of hydrogen-bond donors (Lipinski definition) is 2. The Morgan fingerprint density at radius 3 is 2.30 bits per heavy atom. The lowest BCUT2D eigenvalue weighted by Crippen LogP contribution is -2.38. The molecule has 0 aliphatic heterocycles. The van der Waals surface area contributed by atoms with E-state index in [0.29, 0.717) is 23.7 Å². The standard InChI is InChI=1S/C22H27N3O5/c1-4-25(14-20(26)23-16-9-8-10-17(13-16)29-3)15-21(27)24-19-12-7-6-11-18(19)22(28)30-5-2/h6-13H,4-5,14-15H2,1-3H3,(H,23,26)(H,24,27). The van der Waals surface area contributed by atoms with E-state index >= 15 is 0 Å². The zero-order valence-corrected chi connectivity index (χ0v) is 17.4. The molecule has 0 atom stereocenters. The van der Waals surface area contributed by atoms with Crippen molar-refractivity contribution < 1.29 is 23.9 Å². The van der Waals surface area contributed by atoms with Crippen LogP contribution in [0.5, 0.6) is 5.75 Å². The Hall–Kier alpha value is -3.39. The van der Waals surface area contributed by atoms with Gasteiger partial charge in [-0.1, -0.05) is 25.1 Å². The number of rotatable bonds is 10. The van der Waals surface area contributed by atoms with E-state index in [1.807, 2.05) is 6.92 Å². The molecule has 8 heteroatoms. The summed E-state index contributed by atoms with van der Waals surface area (Å²) in [4.78, 5) is 38.6. The van der Waals surface area contributed by atoms with Crippen LogP contribution < -0.4 is 15.4 Å². The Labute approximate surface area is 176 Å². The molecular formula is C22H27N3O5. The maximum atomic E-state index is 12.5. The van der Waals surface area contributed by atoms with Crippen molar-refractivity contribution in [3.05, 3.63) is 54.1 Å². The fraction of sp³-hybridized carbons (Fsp3) is 0.318. The van der Waals surface area contributed by atoms with Crippen LogP contribution in [0, 0.1) is 0 Å². The maximum absolute atomic E-state index is 12.5. The van der Waals surface area contributed by atoms with Gasteiger partial charge >= 0.3 is 5.97 Å². The third-order valence-electron chi connectivity index (χ3n) is 4.23. The summed E-state index contributed by atoms with van der Waals surface area (Å²) in [6.45, 7) is 4.36. The Morgan fingerprint density at radius 1 is 0.933 bits per heavy atom. The van der Waals surface area contributed by atoms with Crippen LogP contribution in [0.15, 0.2) is 48.5 Å². The largest absolute Gasteiger partial charge is 0.497 e. The lowest BCUT2D eigenvalue weighted by Gasteiger charge is -2.20. The van der Waals surface area contributed by atoms with Crippen molar-refractivity contribution in [2.24, 2.45) is 0 Å². The molecule has 0 aromatic heterocycles. The minimum atomic E-state index is -0.501. The predicted molar refractivity (Wildman–Crippen MR) is 115 cm³/mol. The van der Waals surface area contributed by atoms with E-state index in [9.17, 15) is 14.4 Å². The van der Waals surface area contributed by atoms with Gasteiger partial charge in [0.25, 0.3) is 0 Å². The van der Waals surface area contributed by atoms with Gasteiger partial charge < -0.3 is 20.1 Å². The quantitative estimate of drug-likeness (QED) is 0.582. The molecule has 0 unspecified atom stereocenters. The Morgan fingerprint density at radius 2 is 1.63 bits per heavy atom. The molecule has 2 rings (SSSR count). The van der Waals surface area contributed by atoms with Crippen LogP contribution in [0.25, 0.3) is 0 Å². The maximum Gasteiger partial charge on any atom is 0.340 e. The van der Waals surface area contributed by atoms with Gasteiger partial charge in [-0.15, -0.1) is 0 Å². The van der Waals surface area contributed by atoms with Crippen LogP contribution in [0.2, 0.25) is 0 Å². The topological polar surface area (TPSA) is 97.0 Å².